The van der Waals surface area contributed by atoms with Crippen LogP contribution in [0.15, 0.2) is 109 Å². The van der Waals surface area contributed by atoms with Crippen molar-refractivity contribution < 1.29 is 23.9 Å². The quantitative estimate of drug-likeness (QED) is 0.187. The van der Waals surface area contributed by atoms with Crippen LogP contribution in [-0.4, -0.2) is 48.8 Å². The average Bonchev–Trinajstić information content (AvgIpc) is 3.62. The van der Waals surface area contributed by atoms with Crippen molar-refractivity contribution in [3.05, 3.63) is 132 Å². The molecule has 0 saturated heterocycles. The van der Waals surface area contributed by atoms with Crippen molar-refractivity contribution in [2.75, 3.05) is 13.7 Å². The number of carbonyl (C=O) groups is 3. The van der Waals surface area contributed by atoms with Gasteiger partial charge in [0.05, 0.1) is 7.11 Å². The number of amides is 2. The Morgan fingerprint density at radius 1 is 0.750 bits per heavy atom. The fraction of sp³-hybridized carbons (Fsp3) is 0.194. The van der Waals surface area contributed by atoms with E-state index in [0.717, 1.165) is 44.3 Å². The van der Waals surface area contributed by atoms with Crippen LogP contribution in [0.4, 0.5) is 4.79 Å². The van der Waals surface area contributed by atoms with Crippen molar-refractivity contribution in [1.29, 1.82) is 0 Å². The van der Waals surface area contributed by atoms with E-state index in [4.69, 9.17) is 9.47 Å². The number of hydrogen-bond donors (Lipinski definition) is 3. The number of aromatic amines is 1. The Morgan fingerprint density at radius 3 is 2.09 bits per heavy atom. The molecule has 2 amide bonds. The molecule has 0 radical (unpaired) electrons. The van der Waals surface area contributed by atoms with E-state index >= 15 is 0 Å². The van der Waals surface area contributed by atoms with Gasteiger partial charge in [-0.2, -0.15) is 0 Å². The van der Waals surface area contributed by atoms with Gasteiger partial charge in [0.15, 0.2) is 0 Å². The number of fused-ring (bicyclic) bond motifs is 4. The molecule has 8 heteroatoms. The molecule has 0 spiro atoms. The molecule has 0 saturated carbocycles. The lowest BCUT2D eigenvalue weighted by Crippen LogP contribution is -2.53. The van der Waals surface area contributed by atoms with E-state index in [1.54, 1.807) is 0 Å². The molecule has 1 aliphatic rings. The minimum absolute atomic E-state index is 0.111. The standard InChI is InChI=1S/C36H33N3O5/c1-43-35(41)33(19-23-11-3-2-4-12-23)38-34(40)32(20-24-21-37-31-18-10-9-13-25(24)31)39-36(42)44-22-30-28-16-7-5-14-26(28)27-15-6-8-17-29(27)30/h2-18,21,30,32-33,37H,19-20,22H2,1H3,(H,38,40)(H,39,42)/t32-,33+/m0/s1. The van der Waals surface area contributed by atoms with Crippen LogP contribution < -0.4 is 10.6 Å². The molecular formula is C36H33N3O5. The molecule has 3 N–H and O–H groups in total. The molecule has 1 aromatic heterocycles. The molecule has 1 aliphatic carbocycles. The summed E-state index contributed by atoms with van der Waals surface area (Å²) < 4.78 is 10.8. The molecule has 6 rings (SSSR count). The van der Waals surface area contributed by atoms with Crippen LogP contribution in [0.2, 0.25) is 0 Å². The van der Waals surface area contributed by atoms with E-state index in [2.05, 4.69) is 27.8 Å². The van der Waals surface area contributed by atoms with Crippen LogP contribution in [0.25, 0.3) is 22.0 Å². The van der Waals surface area contributed by atoms with Crippen LogP contribution in [0.1, 0.15) is 28.2 Å². The number of methoxy groups -OCH3 is 1. The SMILES string of the molecule is COC(=O)[C@@H](Cc1ccccc1)NC(=O)[C@H](Cc1c[nH]c2ccccc12)NC(=O)OCC1c2ccccc2-c2ccccc21. The maximum atomic E-state index is 13.8. The molecule has 4 aromatic carbocycles. The lowest BCUT2D eigenvalue weighted by Gasteiger charge is -2.23. The Hall–Kier alpha value is -5.37. The van der Waals surface area contributed by atoms with Gasteiger partial charge in [0, 0.05) is 35.9 Å². The topological polar surface area (TPSA) is 110 Å². The highest BCUT2D eigenvalue weighted by Gasteiger charge is 2.31. The highest BCUT2D eigenvalue weighted by molar-refractivity contribution is 5.91. The maximum Gasteiger partial charge on any atom is 0.407 e. The van der Waals surface area contributed by atoms with Gasteiger partial charge in [0.2, 0.25) is 5.91 Å². The minimum atomic E-state index is -1.02. The second kappa shape index (κ2) is 12.9. The third-order valence-electron chi connectivity index (χ3n) is 8.14. The summed E-state index contributed by atoms with van der Waals surface area (Å²) in [5.74, 6) is -1.21. The van der Waals surface area contributed by atoms with Gasteiger partial charge in [-0.25, -0.2) is 9.59 Å². The summed E-state index contributed by atoms with van der Waals surface area (Å²) in [7, 11) is 1.28. The zero-order valence-electron chi connectivity index (χ0n) is 24.3. The normalized spacial score (nSPS) is 13.4. The molecule has 0 bridgehead atoms. The van der Waals surface area contributed by atoms with Gasteiger partial charge in [-0.15, -0.1) is 0 Å². The van der Waals surface area contributed by atoms with Crippen LogP contribution >= 0.6 is 0 Å². The summed E-state index contributed by atoms with van der Waals surface area (Å²) in [6.45, 7) is 0.111. The van der Waals surface area contributed by atoms with E-state index in [1.807, 2.05) is 97.2 Å². The zero-order valence-corrected chi connectivity index (χ0v) is 24.3. The Morgan fingerprint density at radius 2 is 1.39 bits per heavy atom. The predicted molar refractivity (Wildman–Crippen MR) is 168 cm³/mol. The number of para-hydroxylation sites is 1. The molecule has 44 heavy (non-hydrogen) atoms. The Kier molecular flexibility index (Phi) is 8.41. The van der Waals surface area contributed by atoms with Gasteiger partial charge in [-0.05, 0) is 39.4 Å². The van der Waals surface area contributed by atoms with Crippen LogP contribution in [0.3, 0.4) is 0 Å². The molecule has 0 aliphatic heterocycles. The first-order valence-corrected chi connectivity index (χ1v) is 14.6. The molecule has 0 unspecified atom stereocenters. The average molecular weight is 588 g/mol. The predicted octanol–water partition coefficient (Wildman–Crippen LogP) is 5.52. The number of rotatable bonds is 10. The van der Waals surface area contributed by atoms with Crippen LogP contribution in [-0.2, 0) is 31.9 Å². The summed E-state index contributed by atoms with van der Waals surface area (Å²) in [6.07, 6.45) is 1.53. The van der Waals surface area contributed by atoms with Crippen molar-refractivity contribution >= 4 is 28.9 Å². The van der Waals surface area contributed by atoms with E-state index < -0.39 is 30.1 Å². The molecule has 0 fully saturated rings. The molecule has 2 atom stereocenters. The third-order valence-corrected chi connectivity index (χ3v) is 8.14. The first-order valence-electron chi connectivity index (χ1n) is 14.6. The van der Waals surface area contributed by atoms with Gasteiger partial charge < -0.3 is 25.1 Å². The third kappa shape index (κ3) is 6.06. The zero-order chi connectivity index (χ0) is 30.5. The van der Waals surface area contributed by atoms with E-state index in [1.165, 1.54) is 7.11 Å². The molecule has 222 valence electrons. The van der Waals surface area contributed by atoms with Crippen molar-refractivity contribution in [3.8, 4) is 11.1 Å². The number of esters is 1. The summed E-state index contributed by atoms with van der Waals surface area (Å²) in [6, 6.07) is 31.3. The van der Waals surface area contributed by atoms with E-state index in [9.17, 15) is 14.4 Å². The Bertz CT molecular complexity index is 1750. The minimum Gasteiger partial charge on any atom is -0.467 e. The Labute approximate surface area is 255 Å². The van der Waals surface area contributed by atoms with Crippen LogP contribution in [0.5, 0.6) is 0 Å². The number of benzene rings is 4. The first-order chi connectivity index (χ1) is 21.5. The number of carbonyl (C=O) groups excluding carboxylic acids is 3. The van der Waals surface area contributed by atoms with Crippen molar-refractivity contribution in [1.82, 2.24) is 15.6 Å². The number of hydrogen-bond acceptors (Lipinski definition) is 5. The fourth-order valence-corrected chi connectivity index (χ4v) is 5.97. The Balaban J connectivity index is 1.20. The van der Waals surface area contributed by atoms with Crippen LogP contribution in [0, 0.1) is 0 Å². The number of alkyl carbamates (subject to hydrolysis) is 1. The van der Waals surface area contributed by atoms with Crippen molar-refractivity contribution in [2.45, 2.75) is 30.8 Å². The van der Waals surface area contributed by atoms with Gasteiger partial charge in [-0.1, -0.05) is 97.1 Å². The van der Waals surface area contributed by atoms with Gasteiger partial charge in [-0.3, -0.25) is 4.79 Å². The lowest BCUT2D eigenvalue weighted by molar-refractivity contribution is -0.145. The first kappa shape index (κ1) is 28.7. The summed E-state index contributed by atoms with van der Waals surface area (Å²) in [5, 5.41) is 6.53. The number of ether oxygens (including phenoxy) is 2. The highest BCUT2D eigenvalue weighted by atomic mass is 16.5. The lowest BCUT2D eigenvalue weighted by atomic mass is 9.98. The van der Waals surface area contributed by atoms with E-state index in [0.29, 0.717) is 0 Å². The molecule has 5 aromatic rings. The largest absolute Gasteiger partial charge is 0.467 e. The maximum absolute atomic E-state index is 13.8. The summed E-state index contributed by atoms with van der Waals surface area (Å²) >= 11 is 0. The van der Waals surface area contributed by atoms with Crippen molar-refractivity contribution in [3.63, 3.8) is 0 Å². The molecular weight excluding hydrogens is 554 g/mol. The monoisotopic (exact) mass is 587 g/mol. The highest BCUT2D eigenvalue weighted by Crippen LogP contribution is 2.44. The van der Waals surface area contributed by atoms with Gasteiger partial charge in [0.1, 0.15) is 18.7 Å². The molecule has 8 nitrogen and oxygen atoms in total. The number of nitrogens with one attached hydrogen (secondary N) is 3. The summed E-state index contributed by atoms with van der Waals surface area (Å²) in [5.41, 5.74) is 7.06. The second-order valence-electron chi connectivity index (χ2n) is 10.9. The summed E-state index contributed by atoms with van der Waals surface area (Å²) in [4.78, 5) is 42.9. The van der Waals surface area contributed by atoms with Gasteiger partial charge >= 0.3 is 12.1 Å². The fourth-order valence-electron chi connectivity index (χ4n) is 5.97. The number of H-pyrrole nitrogens is 1. The second-order valence-corrected chi connectivity index (χ2v) is 10.9. The van der Waals surface area contributed by atoms with E-state index in [-0.39, 0.29) is 25.4 Å². The number of aromatic nitrogens is 1. The smallest absolute Gasteiger partial charge is 0.407 e. The molecule has 1 heterocycles. The van der Waals surface area contributed by atoms with Gasteiger partial charge in [0.25, 0.3) is 0 Å². The van der Waals surface area contributed by atoms with Crippen molar-refractivity contribution in [2.24, 2.45) is 0 Å².